The molecule has 0 aliphatic carbocycles. The van der Waals surface area contributed by atoms with Gasteiger partial charge < -0.3 is 10.6 Å². The summed E-state index contributed by atoms with van der Waals surface area (Å²) in [5.74, 6) is -0.364. The Bertz CT molecular complexity index is 1090. The van der Waals surface area contributed by atoms with Crippen molar-refractivity contribution in [2.45, 2.75) is 45.6 Å². The van der Waals surface area contributed by atoms with Crippen molar-refractivity contribution in [3.05, 3.63) is 59.7 Å². The molecule has 8 nitrogen and oxygen atoms in total. The molecular formula is C26H31N5O3. The van der Waals surface area contributed by atoms with Gasteiger partial charge in [-0.05, 0) is 56.0 Å². The number of aryl methyl sites for hydroxylation is 2. The Morgan fingerprint density at radius 2 is 1.76 bits per heavy atom. The summed E-state index contributed by atoms with van der Waals surface area (Å²) in [5.41, 5.74) is 3.86. The van der Waals surface area contributed by atoms with Crippen molar-refractivity contribution in [2.75, 3.05) is 30.0 Å². The molecule has 0 aromatic heterocycles. The van der Waals surface area contributed by atoms with Gasteiger partial charge in [0.25, 0.3) is 5.91 Å². The topological polar surface area (TPSA) is 94.1 Å². The molecule has 0 spiro atoms. The van der Waals surface area contributed by atoms with E-state index < -0.39 is 0 Å². The molecule has 3 amide bonds. The first-order valence-corrected chi connectivity index (χ1v) is 11.7. The van der Waals surface area contributed by atoms with Crippen LogP contribution in [0.5, 0.6) is 0 Å². The smallest absolute Gasteiger partial charge is 0.267 e. The third-order valence-electron chi connectivity index (χ3n) is 6.24. The van der Waals surface area contributed by atoms with E-state index in [9.17, 15) is 14.4 Å². The lowest BCUT2D eigenvalue weighted by molar-refractivity contribution is -0.119. The van der Waals surface area contributed by atoms with E-state index in [-0.39, 0.29) is 30.2 Å². The Kier molecular flexibility index (Phi) is 7.37. The molecule has 2 aliphatic heterocycles. The number of rotatable bonds is 6. The first-order chi connectivity index (χ1) is 16.4. The van der Waals surface area contributed by atoms with E-state index in [4.69, 9.17) is 0 Å². The van der Waals surface area contributed by atoms with Gasteiger partial charge in [0.15, 0.2) is 0 Å². The van der Waals surface area contributed by atoms with Crippen molar-refractivity contribution in [1.82, 2.24) is 10.2 Å². The second kappa shape index (κ2) is 10.6. The van der Waals surface area contributed by atoms with E-state index in [2.05, 4.69) is 20.6 Å². The number of piperidine rings is 1. The molecule has 8 heteroatoms. The van der Waals surface area contributed by atoms with Crippen molar-refractivity contribution < 1.29 is 14.4 Å². The molecule has 1 fully saturated rings. The Labute approximate surface area is 200 Å². The zero-order valence-corrected chi connectivity index (χ0v) is 19.7. The number of hydrogen-bond acceptors (Lipinski definition) is 5. The van der Waals surface area contributed by atoms with E-state index in [1.165, 1.54) is 5.01 Å². The summed E-state index contributed by atoms with van der Waals surface area (Å²) in [5, 5.41) is 11.8. The summed E-state index contributed by atoms with van der Waals surface area (Å²) in [7, 11) is 0. The highest BCUT2D eigenvalue weighted by Crippen LogP contribution is 2.25. The first kappa shape index (κ1) is 23.6. The average molecular weight is 462 g/mol. The number of carbonyl (C=O) groups is 3. The van der Waals surface area contributed by atoms with Gasteiger partial charge in [0.2, 0.25) is 11.8 Å². The van der Waals surface area contributed by atoms with Crippen molar-refractivity contribution in [3.63, 3.8) is 0 Å². The number of nitrogens with one attached hydrogen (secondary N) is 2. The maximum absolute atomic E-state index is 12.9. The number of nitrogens with zero attached hydrogens (tertiary/aromatic N) is 3. The van der Waals surface area contributed by atoms with Crippen molar-refractivity contribution in [3.8, 4) is 0 Å². The number of anilines is 2. The van der Waals surface area contributed by atoms with Crippen LogP contribution in [0.25, 0.3) is 0 Å². The van der Waals surface area contributed by atoms with Gasteiger partial charge in [0.05, 0.1) is 12.2 Å². The standard InChI is InChI=1S/C26H31N5O3/c1-18-8-9-19(2)23(16-18)31-25(33)11-10-22(29-31)26(34)28-21-12-14-30(15-13-21)17-24(32)27-20-6-4-3-5-7-20/h3-9,16,21H,10-15,17H2,1-2H3,(H,27,32)(H,28,34). The van der Waals surface area contributed by atoms with Gasteiger partial charge in [0, 0.05) is 37.7 Å². The number of hydrazone groups is 1. The summed E-state index contributed by atoms with van der Waals surface area (Å²) in [6, 6.07) is 15.3. The van der Waals surface area contributed by atoms with Crippen molar-refractivity contribution in [2.24, 2.45) is 5.10 Å². The molecule has 34 heavy (non-hydrogen) atoms. The summed E-state index contributed by atoms with van der Waals surface area (Å²) >= 11 is 0. The lowest BCUT2D eigenvalue weighted by Crippen LogP contribution is -2.49. The van der Waals surface area contributed by atoms with E-state index >= 15 is 0 Å². The van der Waals surface area contributed by atoms with Crippen molar-refractivity contribution >= 4 is 34.8 Å². The molecule has 2 N–H and O–H groups in total. The molecule has 2 aromatic carbocycles. The van der Waals surface area contributed by atoms with Gasteiger partial charge in [-0.1, -0.05) is 30.3 Å². The van der Waals surface area contributed by atoms with Crippen LogP contribution in [0.3, 0.4) is 0 Å². The Morgan fingerprint density at radius 3 is 2.50 bits per heavy atom. The van der Waals surface area contributed by atoms with Crippen LogP contribution in [0, 0.1) is 13.8 Å². The van der Waals surface area contributed by atoms with Crippen molar-refractivity contribution in [1.29, 1.82) is 0 Å². The van der Waals surface area contributed by atoms with Crippen LogP contribution >= 0.6 is 0 Å². The molecule has 2 aromatic rings. The highest BCUT2D eigenvalue weighted by molar-refractivity contribution is 6.40. The summed E-state index contributed by atoms with van der Waals surface area (Å²) in [6.45, 7) is 5.68. The fourth-order valence-corrected chi connectivity index (χ4v) is 4.28. The minimum absolute atomic E-state index is 0.0235. The summed E-state index contributed by atoms with van der Waals surface area (Å²) < 4.78 is 0. The lowest BCUT2D eigenvalue weighted by atomic mass is 10.0. The molecule has 1 saturated heterocycles. The Balaban J connectivity index is 1.30. The van der Waals surface area contributed by atoms with E-state index in [0.717, 1.165) is 48.4 Å². The number of carbonyl (C=O) groups excluding carboxylic acids is 3. The maximum atomic E-state index is 12.9. The quantitative estimate of drug-likeness (QED) is 0.692. The number of likely N-dealkylation sites (tertiary alicyclic amines) is 1. The zero-order chi connectivity index (χ0) is 24.1. The monoisotopic (exact) mass is 461 g/mol. The second-order valence-electron chi connectivity index (χ2n) is 8.98. The predicted octanol–water partition coefficient (Wildman–Crippen LogP) is 3.01. The molecule has 2 heterocycles. The number of para-hydroxylation sites is 1. The average Bonchev–Trinajstić information content (AvgIpc) is 2.83. The fourth-order valence-electron chi connectivity index (χ4n) is 4.28. The zero-order valence-electron chi connectivity index (χ0n) is 19.7. The summed E-state index contributed by atoms with van der Waals surface area (Å²) in [6.07, 6.45) is 2.12. The molecule has 0 saturated carbocycles. The van der Waals surface area contributed by atoms with Gasteiger partial charge in [-0.3, -0.25) is 19.3 Å². The molecule has 0 radical (unpaired) electrons. The Hall–Kier alpha value is -3.52. The molecule has 0 atom stereocenters. The van der Waals surface area contributed by atoms with Gasteiger partial charge in [0.1, 0.15) is 5.71 Å². The van der Waals surface area contributed by atoms with Gasteiger partial charge >= 0.3 is 0 Å². The third-order valence-corrected chi connectivity index (χ3v) is 6.24. The van der Waals surface area contributed by atoms with E-state index in [1.54, 1.807) is 0 Å². The maximum Gasteiger partial charge on any atom is 0.267 e. The second-order valence-corrected chi connectivity index (χ2v) is 8.98. The molecule has 4 rings (SSSR count). The molecule has 178 valence electrons. The third kappa shape index (κ3) is 5.88. The minimum Gasteiger partial charge on any atom is -0.348 e. The van der Waals surface area contributed by atoms with Crippen LogP contribution in [0.1, 0.15) is 36.8 Å². The lowest BCUT2D eigenvalue weighted by Gasteiger charge is -2.32. The first-order valence-electron chi connectivity index (χ1n) is 11.7. The number of hydrogen-bond donors (Lipinski definition) is 2. The van der Waals surface area contributed by atoms with Crippen LogP contribution in [-0.4, -0.2) is 54.0 Å². The SMILES string of the molecule is Cc1ccc(C)c(N2N=C(C(=O)NC3CCN(CC(=O)Nc4ccccc4)CC3)CCC2=O)c1. The largest absolute Gasteiger partial charge is 0.348 e. The van der Waals surface area contributed by atoms with Gasteiger partial charge in [-0.15, -0.1) is 0 Å². The van der Waals surface area contributed by atoms with Gasteiger partial charge in [-0.2, -0.15) is 5.10 Å². The van der Waals surface area contributed by atoms with E-state index in [1.807, 2.05) is 62.4 Å². The van der Waals surface area contributed by atoms with Gasteiger partial charge in [-0.25, -0.2) is 5.01 Å². The fraction of sp³-hybridized carbons (Fsp3) is 0.385. The number of benzene rings is 2. The van der Waals surface area contributed by atoms with Crippen LogP contribution in [0.15, 0.2) is 53.6 Å². The molecule has 0 unspecified atom stereocenters. The van der Waals surface area contributed by atoms with Crippen LogP contribution < -0.4 is 15.6 Å². The van der Waals surface area contributed by atoms with E-state index in [0.29, 0.717) is 18.7 Å². The normalized spacial score (nSPS) is 17.3. The predicted molar refractivity (Wildman–Crippen MR) is 133 cm³/mol. The summed E-state index contributed by atoms with van der Waals surface area (Å²) in [4.78, 5) is 39.8. The molecule has 2 aliphatic rings. The Morgan fingerprint density at radius 1 is 1.03 bits per heavy atom. The number of amides is 3. The highest BCUT2D eigenvalue weighted by Gasteiger charge is 2.29. The highest BCUT2D eigenvalue weighted by atomic mass is 16.2. The molecular weight excluding hydrogens is 430 g/mol. The van der Waals surface area contributed by atoms with Crippen LogP contribution in [0.4, 0.5) is 11.4 Å². The minimum atomic E-state index is -0.219. The van der Waals surface area contributed by atoms with Crippen LogP contribution in [0.2, 0.25) is 0 Å². The van der Waals surface area contributed by atoms with Crippen LogP contribution in [-0.2, 0) is 14.4 Å². The molecule has 0 bridgehead atoms.